The van der Waals surface area contributed by atoms with E-state index >= 15 is 0 Å². The molecule has 4 atom stereocenters. The van der Waals surface area contributed by atoms with E-state index in [4.69, 9.17) is 0 Å². The molecule has 1 aromatic carbocycles. The van der Waals surface area contributed by atoms with Gasteiger partial charge in [-0.15, -0.1) is 0 Å². The molecule has 1 aliphatic heterocycles. The van der Waals surface area contributed by atoms with E-state index in [-0.39, 0.29) is 40.0 Å². The molecule has 1 unspecified atom stereocenters. The largest absolute Gasteiger partial charge is 0.419 e. The molecule has 0 bridgehead atoms. The number of rotatable bonds is 6. The Labute approximate surface area is 209 Å². The van der Waals surface area contributed by atoms with Crippen molar-refractivity contribution in [2.45, 2.75) is 54.9 Å². The maximum Gasteiger partial charge on any atom is 0.419 e. The summed E-state index contributed by atoms with van der Waals surface area (Å²) >= 11 is 0. The number of nitrogens with zero attached hydrogens (tertiary/aromatic N) is 2. The van der Waals surface area contributed by atoms with E-state index in [9.17, 15) is 40.0 Å². The Morgan fingerprint density at radius 3 is 2.41 bits per heavy atom. The van der Waals surface area contributed by atoms with Gasteiger partial charge in [-0.2, -0.15) is 13.2 Å². The highest BCUT2D eigenvalue weighted by atomic mass is 32.2. The molecular weight excluding hydrogens is 521 g/mol. The van der Waals surface area contributed by atoms with Crippen LogP contribution in [0.25, 0.3) is 0 Å². The first kappa shape index (κ1) is 25.6. The fourth-order valence-electron chi connectivity index (χ4n) is 5.02. The molecule has 2 saturated carbocycles. The number of halogens is 5. The third-order valence-electron chi connectivity index (χ3n) is 7.15. The van der Waals surface area contributed by atoms with Gasteiger partial charge in [0.1, 0.15) is 17.7 Å². The Morgan fingerprint density at radius 2 is 1.78 bits per heavy atom. The van der Waals surface area contributed by atoms with E-state index in [0.717, 1.165) is 12.5 Å². The third kappa shape index (κ3) is 4.92. The number of likely N-dealkylation sites (tertiary alicyclic amines) is 1. The summed E-state index contributed by atoms with van der Waals surface area (Å²) in [6.45, 7) is 0. The van der Waals surface area contributed by atoms with Gasteiger partial charge < -0.3 is 10.2 Å². The summed E-state index contributed by atoms with van der Waals surface area (Å²) in [7, 11) is -3.63. The summed E-state index contributed by atoms with van der Waals surface area (Å²) in [6, 6.07) is -0.504. The molecule has 2 aliphatic carbocycles. The average Bonchev–Trinajstić information content (AvgIpc) is 3.75. The van der Waals surface area contributed by atoms with E-state index in [1.165, 1.54) is 17.2 Å². The number of piperidine rings is 1. The molecule has 5 rings (SSSR count). The van der Waals surface area contributed by atoms with Crippen molar-refractivity contribution in [3.63, 3.8) is 0 Å². The lowest BCUT2D eigenvalue weighted by atomic mass is 9.98. The zero-order valence-electron chi connectivity index (χ0n) is 19.4. The second kappa shape index (κ2) is 8.74. The summed E-state index contributed by atoms with van der Waals surface area (Å²) in [5, 5.41) is 2.64. The molecule has 2 heterocycles. The highest BCUT2D eigenvalue weighted by molar-refractivity contribution is 7.90. The fourth-order valence-corrected chi connectivity index (χ4v) is 5.61. The number of carbonyl (C=O) groups is 2. The van der Waals surface area contributed by atoms with E-state index < -0.39 is 57.1 Å². The summed E-state index contributed by atoms with van der Waals surface area (Å²) in [4.78, 5) is 31.6. The molecule has 13 heteroatoms. The minimum Gasteiger partial charge on any atom is -0.347 e. The van der Waals surface area contributed by atoms with Crippen molar-refractivity contribution < 1.29 is 40.0 Å². The molecule has 2 aromatic rings. The van der Waals surface area contributed by atoms with Crippen molar-refractivity contribution >= 4 is 21.7 Å². The normalized spacial score (nSPS) is 23.9. The monoisotopic (exact) mass is 543 g/mol. The molecule has 1 aromatic heterocycles. The van der Waals surface area contributed by atoms with Gasteiger partial charge in [-0.1, -0.05) is 0 Å². The number of benzene rings is 1. The maximum atomic E-state index is 14.7. The number of hydrogen-bond acceptors (Lipinski definition) is 5. The summed E-state index contributed by atoms with van der Waals surface area (Å²) in [5.74, 6) is -4.37. The van der Waals surface area contributed by atoms with Crippen LogP contribution in [0.2, 0.25) is 0 Å². The van der Waals surface area contributed by atoms with Crippen LogP contribution >= 0.6 is 0 Å². The smallest absolute Gasteiger partial charge is 0.347 e. The van der Waals surface area contributed by atoms with Gasteiger partial charge in [0.25, 0.3) is 5.91 Å². The van der Waals surface area contributed by atoms with E-state index in [2.05, 4.69) is 10.3 Å². The van der Waals surface area contributed by atoms with Crippen molar-refractivity contribution in [3.05, 3.63) is 58.9 Å². The second-order valence-electron chi connectivity index (χ2n) is 9.88. The van der Waals surface area contributed by atoms with Gasteiger partial charge in [-0.05, 0) is 55.7 Å². The SMILES string of the molecule is CS(=O)(=O)c1cncc(C(=O)N2[C@@H](C(=O)NC(c3cc(F)c(C(F)(F)F)cc3F)C3CC3)C[C@H]3C[C@H]32)c1. The molecule has 3 fully saturated rings. The molecule has 0 spiro atoms. The highest BCUT2D eigenvalue weighted by Crippen LogP contribution is 2.49. The lowest BCUT2D eigenvalue weighted by molar-refractivity contribution is -0.140. The lowest BCUT2D eigenvalue weighted by Gasteiger charge is -2.29. The predicted octanol–water partition coefficient (Wildman–Crippen LogP) is 3.65. The Morgan fingerprint density at radius 1 is 1.08 bits per heavy atom. The number of nitrogens with one attached hydrogen (secondary N) is 1. The highest BCUT2D eigenvalue weighted by Gasteiger charge is 2.56. The molecule has 1 N–H and O–H groups in total. The number of aromatic nitrogens is 1. The number of amides is 2. The zero-order valence-corrected chi connectivity index (χ0v) is 20.2. The number of carbonyl (C=O) groups excluding carboxylic acids is 2. The van der Waals surface area contributed by atoms with Crippen molar-refractivity contribution in [1.29, 1.82) is 0 Å². The van der Waals surface area contributed by atoms with Crippen LogP contribution in [0.1, 0.15) is 53.2 Å². The number of pyridine rings is 1. The van der Waals surface area contributed by atoms with Crippen LogP contribution in [-0.4, -0.2) is 48.5 Å². The quantitative estimate of drug-likeness (QED) is 0.562. The van der Waals surface area contributed by atoms with Gasteiger partial charge in [0.15, 0.2) is 9.84 Å². The fraction of sp³-hybridized carbons (Fsp3) is 0.458. The predicted molar refractivity (Wildman–Crippen MR) is 119 cm³/mol. The molecule has 2 amide bonds. The van der Waals surface area contributed by atoms with Gasteiger partial charge in [0, 0.05) is 30.3 Å². The van der Waals surface area contributed by atoms with Crippen LogP contribution < -0.4 is 5.32 Å². The molecule has 0 radical (unpaired) electrons. The average molecular weight is 544 g/mol. The molecule has 37 heavy (non-hydrogen) atoms. The number of sulfone groups is 1. The Bertz CT molecular complexity index is 1390. The first-order valence-electron chi connectivity index (χ1n) is 11.6. The van der Waals surface area contributed by atoms with Crippen LogP contribution in [0.3, 0.4) is 0 Å². The van der Waals surface area contributed by atoms with Gasteiger partial charge in [0.2, 0.25) is 5.91 Å². The van der Waals surface area contributed by atoms with Crippen LogP contribution in [-0.2, 0) is 20.8 Å². The third-order valence-corrected chi connectivity index (χ3v) is 8.23. The van der Waals surface area contributed by atoms with Gasteiger partial charge in [-0.25, -0.2) is 17.2 Å². The van der Waals surface area contributed by atoms with E-state index in [1.54, 1.807) is 0 Å². The van der Waals surface area contributed by atoms with Crippen molar-refractivity contribution in [3.8, 4) is 0 Å². The topological polar surface area (TPSA) is 96.4 Å². The van der Waals surface area contributed by atoms with Crippen molar-refractivity contribution in [2.24, 2.45) is 11.8 Å². The molecule has 3 aliphatic rings. The number of alkyl halides is 3. The van der Waals surface area contributed by atoms with E-state index in [1.807, 2.05) is 0 Å². The van der Waals surface area contributed by atoms with Crippen LogP contribution in [0.15, 0.2) is 35.5 Å². The first-order chi connectivity index (χ1) is 17.3. The Kier molecular flexibility index (Phi) is 6.04. The maximum absolute atomic E-state index is 14.7. The Balaban J connectivity index is 1.40. The van der Waals surface area contributed by atoms with E-state index in [0.29, 0.717) is 31.7 Å². The molecular formula is C24H22F5N3O4S. The van der Waals surface area contributed by atoms with Gasteiger partial charge in [-0.3, -0.25) is 14.6 Å². The lowest BCUT2D eigenvalue weighted by Crippen LogP contribution is -2.49. The zero-order chi connectivity index (χ0) is 26.9. The first-order valence-corrected chi connectivity index (χ1v) is 13.5. The van der Waals surface area contributed by atoms with Gasteiger partial charge >= 0.3 is 6.18 Å². The number of fused-ring (bicyclic) bond motifs is 1. The summed E-state index contributed by atoms with van der Waals surface area (Å²) in [5.41, 5.74) is -2.12. The van der Waals surface area contributed by atoms with Crippen LogP contribution in [0.4, 0.5) is 22.0 Å². The molecule has 198 valence electrons. The minimum absolute atomic E-state index is 0.0112. The van der Waals surface area contributed by atoms with Crippen LogP contribution in [0.5, 0.6) is 0 Å². The van der Waals surface area contributed by atoms with Crippen molar-refractivity contribution in [1.82, 2.24) is 15.2 Å². The van der Waals surface area contributed by atoms with Crippen LogP contribution in [0, 0.1) is 23.5 Å². The number of hydrogen-bond donors (Lipinski definition) is 1. The summed E-state index contributed by atoms with van der Waals surface area (Å²) < 4.78 is 91.7. The summed E-state index contributed by atoms with van der Waals surface area (Å²) in [6.07, 6.45) is 0.333. The Hall–Kier alpha value is -3.09. The standard InChI is InChI=1S/C24H22F5N3O4S/c1-37(35,36)14-4-13(9-30-10-14)23(34)32-19-5-12(19)6-20(32)22(33)31-21(11-2-3-11)15-7-18(26)16(8-17(15)25)24(27,28)29/h4,7-12,19-21H,2-3,5-6H2,1H3,(H,31,33)/t12-,19-,20-,21?/m1/s1. The molecule has 1 saturated heterocycles. The molecule has 7 nitrogen and oxygen atoms in total. The van der Waals surface area contributed by atoms with Gasteiger partial charge in [0.05, 0.1) is 22.1 Å². The van der Waals surface area contributed by atoms with Crippen molar-refractivity contribution in [2.75, 3.05) is 6.26 Å². The minimum atomic E-state index is -5.07. The second-order valence-corrected chi connectivity index (χ2v) is 11.9.